The van der Waals surface area contributed by atoms with Crippen molar-refractivity contribution in [1.29, 1.82) is 0 Å². The zero-order chi connectivity index (χ0) is 14.2. The quantitative estimate of drug-likeness (QED) is 0.670. The molecule has 0 unspecified atom stereocenters. The normalized spacial score (nSPS) is 10.5. The fourth-order valence-electron chi connectivity index (χ4n) is 1.87. The summed E-state index contributed by atoms with van der Waals surface area (Å²) in [5.74, 6) is -0.704. The summed E-state index contributed by atoms with van der Waals surface area (Å²) >= 11 is 3.21. The third-order valence-corrected chi connectivity index (χ3v) is 3.62. The van der Waals surface area contributed by atoms with Gasteiger partial charge in [0.25, 0.3) is 0 Å². The molecule has 0 atom stereocenters. The zero-order valence-corrected chi connectivity index (χ0v) is 12.2. The van der Waals surface area contributed by atoms with E-state index < -0.39 is 5.82 Å². The maximum absolute atomic E-state index is 13.3. The van der Waals surface area contributed by atoms with E-state index >= 15 is 0 Å². The van der Waals surface area contributed by atoms with Gasteiger partial charge in [0.15, 0.2) is 5.78 Å². The molecule has 98 valence electrons. The minimum absolute atomic E-state index is 0.0307. The highest BCUT2D eigenvalue weighted by Crippen LogP contribution is 2.26. The van der Waals surface area contributed by atoms with E-state index in [2.05, 4.69) is 15.9 Å². The molecular weight excluding hydrogens is 309 g/mol. The zero-order valence-electron chi connectivity index (χ0n) is 10.6. The van der Waals surface area contributed by atoms with Crippen molar-refractivity contribution in [3.05, 3.63) is 62.9 Å². The van der Waals surface area contributed by atoms with Crippen LogP contribution >= 0.6 is 15.9 Å². The summed E-state index contributed by atoms with van der Waals surface area (Å²) in [5, 5.41) is 0. The van der Waals surface area contributed by atoms with Crippen molar-refractivity contribution >= 4 is 27.4 Å². The molecule has 2 N–H and O–H groups in total. The average molecular weight is 322 g/mol. The van der Waals surface area contributed by atoms with E-state index in [-0.39, 0.29) is 11.5 Å². The smallest absolute Gasteiger partial charge is 0.194 e. The number of carbonyl (C=O) groups is 1. The van der Waals surface area contributed by atoms with E-state index in [1.807, 2.05) is 32.0 Å². The van der Waals surface area contributed by atoms with Gasteiger partial charge >= 0.3 is 0 Å². The Bertz CT molecular complexity index is 667. The van der Waals surface area contributed by atoms with Gasteiger partial charge in [0.2, 0.25) is 0 Å². The predicted molar refractivity (Wildman–Crippen MR) is 77.9 cm³/mol. The molecule has 0 saturated heterocycles. The lowest BCUT2D eigenvalue weighted by molar-refractivity contribution is 0.103. The molecule has 0 aliphatic carbocycles. The second kappa shape index (κ2) is 5.13. The lowest BCUT2D eigenvalue weighted by Crippen LogP contribution is -2.07. The molecule has 0 saturated carbocycles. The number of rotatable bonds is 2. The third kappa shape index (κ3) is 2.68. The summed E-state index contributed by atoms with van der Waals surface area (Å²) in [6, 6.07) is 8.24. The number of anilines is 1. The van der Waals surface area contributed by atoms with E-state index in [0.29, 0.717) is 15.6 Å². The first kappa shape index (κ1) is 13.7. The Hall–Kier alpha value is -1.68. The van der Waals surface area contributed by atoms with Crippen LogP contribution in [0.2, 0.25) is 0 Å². The van der Waals surface area contributed by atoms with Gasteiger partial charge in [-0.15, -0.1) is 0 Å². The van der Waals surface area contributed by atoms with Crippen molar-refractivity contribution in [2.45, 2.75) is 13.8 Å². The van der Waals surface area contributed by atoms with Crippen LogP contribution in [0.25, 0.3) is 0 Å². The number of ketones is 1. The standard InChI is InChI=1S/C15H13BrFNO/c1-8-3-4-9(2)10(5-8)15(19)11-6-14(18)13(17)7-12(11)16/h3-7H,18H2,1-2H3. The third-order valence-electron chi connectivity index (χ3n) is 2.97. The Labute approximate surface area is 119 Å². The number of nitrogens with two attached hydrogens (primary N) is 1. The second-order valence-corrected chi connectivity index (χ2v) is 5.36. The summed E-state index contributed by atoms with van der Waals surface area (Å²) in [6.07, 6.45) is 0. The van der Waals surface area contributed by atoms with E-state index in [1.54, 1.807) is 0 Å². The van der Waals surface area contributed by atoms with E-state index in [0.717, 1.165) is 11.1 Å². The van der Waals surface area contributed by atoms with Crippen LogP contribution in [0, 0.1) is 19.7 Å². The van der Waals surface area contributed by atoms with Crippen LogP contribution in [0.1, 0.15) is 27.0 Å². The van der Waals surface area contributed by atoms with Crippen LogP contribution in [0.5, 0.6) is 0 Å². The van der Waals surface area contributed by atoms with Crippen molar-refractivity contribution in [3.8, 4) is 0 Å². The fourth-order valence-corrected chi connectivity index (χ4v) is 2.36. The van der Waals surface area contributed by atoms with Crippen molar-refractivity contribution in [2.24, 2.45) is 0 Å². The topological polar surface area (TPSA) is 43.1 Å². The predicted octanol–water partition coefficient (Wildman–Crippen LogP) is 4.02. The second-order valence-electron chi connectivity index (χ2n) is 4.50. The highest BCUT2D eigenvalue weighted by Gasteiger charge is 2.17. The number of halogens is 2. The van der Waals surface area contributed by atoms with Crippen molar-refractivity contribution in [3.63, 3.8) is 0 Å². The Balaban J connectivity index is 2.56. The first-order valence-electron chi connectivity index (χ1n) is 5.76. The maximum atomic E-state index is 13.3. The van der Waals surface area contributed by atoms with Gasteiger partial charge in [-0.3, -0.25) is 4.79 Å². The van der Waals surface area contributed by atoms with Crippen molar-refractivity contribution in [2.75, 3.05) is 5.73 Å². The molecule has 2 aromatic carbocycles. The van der Waals surface area contributed by atoms with E-state index in [4.69, 9.17) is 5.73 Å². The van der Waals surface area contributed by atoms with Gasteiger partial charge in [0.1, 0.15) is 5.82 Å². The van der Waals surface area contributed by atoms with Crippen molar-refractivity contribution < 1.29 is 9.18 Å². The molecule has 0 bridgehead atoms. The first-order chi connectivity index (χ1) is 8.90. The maximum Gasteiger partial charge on any atom is 0.194 e. The van der Waals surface area contributed by atoms with Gasteiger partial charge in [-0.2, -0.15) is 0 Å². The summed E-state index contributed by atoms with van der Waals surface area (Å²) in [6.45, 7) is 3.79. The molecule has 0 amide bonds. The fraction of sp³-hybridized carbons (Fsp3) is 0.133. The number of hydrogen-bond donors (Lipinski definition) is 1. The SMILES string of the molecule is Cc1ccc(C)c(C(=O)c2cc(N)c(F)cc2Br)c1. The molecule has 0 radical (unpaired) electrons. The van der Waals surface area contributed by atoms with E-state index in [9.17, 15) is 9.18 Å². The summed E-state index contributed by atoms with van der Waals surface area (Å²) in [7, 11) is 0. The van der Waals surface area contributed by atoms with Gasteiger partial charge in [-0.25, -0.2) is 4.39 Å². The largest absolute Gasteiger partial charge is 0.396 e. The van der Waals surface area contributed by atoms with Gasteiger partial charge in [0.05, 0.1) is 5.69 Å². The van der Waals surface area contributed by atoms with Crippen LogP contribution in [0.4, 0.5) is 10.1 Å². The van der Waals surface area contributed by atoms with Crippen LogP contribution in [-0.4, -0.2) is 5.78 Å². The number of nitrogen functional groups attached to an aromatic ring is 1. The van der Waals surface area contributed by atoms with Crippen LogP contribution in [0.15, 0.2) is 34.8 Å². The summed E-state index contributed by atoms with van der Waals surface area (Å²) in [4.78, 5) is 12.5. The molecule has 0 aliphatic rings. The van der Waals surface area contributed by atoms with Gasteiger partial charge < -0.3 is 5.73 Å². The summed E-state index contributed by atoms with van der Waals surface area (Å²) in [5.41, 5.74) is 8.35. The highest BCUT2D eigenvalue weighted by atomic mass is 79.9. The lowest BCUT2D eigenvalue weighted by Gasteiger charge is -2.09. The molecule has 0 spiro atoms. The molecule has 2 aromatic rings. The lowest BCUT2D eigenvalue weighted by atomic mass is 9.97. The van der Waals surface area contributed by atoms with E-state index in [1.165, 1.54) is 12.1 Å². The molecule has 19 heavy (non-hydrogen) atoms. The highest BCUT2D eigenvalue weighted by molar-refractivity contribution is 9.10. The Kier molecular flexibility index (Phi) is 3.71. The van der Waals surface area contributed by atoms with Crippen molar-refractivity contribution in [1.82, 2.24) is 0 Å². The molecule has 0 aliphatic heterocycles. The molecule has 2 rings (SSSR count). The van der Waals surface area contributed by atoms with Crippen LogP contribution in [-0.2, 0) is 0 Å². The average Bonchev–Trinajstić information content (AvgIpc) is 2.36. The van der Waals surface area contributed by atoms with Gasteiger partial charge in [0, 0.05) is 15.6 Å². The Morgan fingerprint density at radius 1 is 1.16 bits per heavy atom. The Morgan fingerprint density at radius 2 is 1.84 bits per heavy atom. The van der Waals surface area contributed by atoms with Gasteiger partial charge in [-0.05, 0) is 53.5 Å². The monoisotopic (exact) mass is 321 g/mol. The van der Waals surface area contributed by atoms with Crippen LogP contribution < -0.4 is 5.73 Å². The molecule has 0 aromatic heterocycles. The number of carbonyl (C=O) groups excluding carboxylic acids is 1. The first-order valence-corrected chi connectivity index (χ1v) is 6.56. The minimum atomic E-state index is -0.538. The van der Waals surface area contributed by atoms with Gasteiger partial charge in [-0.1, -0.05) is 17.7 Å². The Morgan fingerprint density at radius 3 is 2.53 bits per heavy atom. The van der Waals surface area contributed by atoms with Crippen LogP contribution in [0.3, 0.4) is 0 Å². The molecule has 4 heteroatoms. The number of hydrogen-bond acceptors (Lipinski definition) is 2. The number of aryl methyl sites for hydroxylation is 2. The summed E-state index contributed by atoms with van der Waals surface area (Å²) < 4.78 is 13.7. The molecule has 0 heterocycles. The molecule has 0 fully saturated rings. The number of benzene rings is 2. The molecule has 2 nitrogen and oxygen atoms in total. The molecular formula is C15H13BrFNO. The minimum Gasteiger partial charge on any atom is -0.396 e.